The van der Waals surface area contributed by atoms with E-state index in [4.69, 9.17) is 24.3 Å². The van der Waals surface area contributed by atoms with Crippen molar-refractivity contribution in [3.63, 3.8) is 0 Å². The molecule has 0 N–H and O–H groups in total. The zero-order valence-electron chi connectivity index (χ0n) is 17.2. The molecule has 3 rings (SSSR count). The number of hydrogen-bond donors (Lipinski definition) is 0. The molecule has 0 bridgehead atoms. The van der Waals surface area contributed by atoms with Crippen molar-refractivity contribution in [1.82, 2.24) is 0 Å². The number of carbonyl (C=O) groups excluding carboxylic acids is 2. The predicted molar refractivity (Wildman–Crippen MR) is 111 cm³/mol. The smallest absolute Gasteiger partial charge is 0.347 e. The van der Waals surface area contributed by atoms with Crippen molar-refractivity contribution in [2.75, 3.05) is 31.5 Å². The number of oxime groups is 1. The van der Waals surface area contributed by atoms with Crippen LogP contribution in [0.4, 0.5) is 10.1 Å². The van der Waals surface area contributed by atoms with Crippen LogP contribution in [-0.2, 0) is 19.2 Å². The van der Waals surface area contributed by atoms with Crippen LogP contribution in [0.15, 0.2) is 47.6 Å². The fraction of sp³-hybridized carbons (Fsp3) is 0.273. The first-order valence-corrected chi connectivity index (χ1v) is 9.63. The summed E-state index contributed by atoms with van der Waals surface area (Å²) < 4.78 is 28.6. The van der Waals surface area contributed by atoms with E-state index in [0.29, 0.717) is 22.9 Å². The molecule has 0 radical (unpaired) electrons. The minimum atomic E-state index is -0.792. The van der Waals surface area contributed by atoms with Gasteiger partial charge in [-0.2, -0.15) is 5.26 Å². The molecule has 0 aromatic heterocycles. The van der Waals surface area contributed by atoms with E-state index in [0.717, 1.165) is 5.56 Å². The van der Waals surface area contributed by atoms with E-state index >= 15 is 0 Å². The second-order valence-corrected chi connectivity index (χ2v) is 6.61. The molecule has 9 nitrogen and oxygen atoms in total. The van der Waals surface area contributed by atoms with Gasteiger partial charge in [-0.1, -0.05) is 5.16 Å². The Morgan fingerprint density at radius 2 is 1.91 bits per heavy atom. The van der Waals surface area contributed by atoms with E-state index in [-0.39, 0.29) is 19.8 Å². The summed E-state index contributed by atoms with van der Waals surface area (Å²) in [5, 5.41) is 12.7. The van der Waals surface area contributed by atoms with Gasteiger partial charge < -0.3 is 23.9 Å². The van der Waals surface area contributed by atoms with Gasteiger partial charge in [0.1, 0.15) is 5.82 Å². The van der Waals surface area contributed by atoms with Crippen molar-refractivity contribution in [2.45, 2.75) is 13.3 Å². The fourth-order valence-corrected chi connectivity index (χ4v) is 2.80. The van der Waals surface area contributed by atoms with Crippen molar-refractivity contribution < 1.29 is 33.0 Å². The van der Waals surface area contributed by atoms with Crippen molar-refractivity contribution in [1.29, 1.82) is 5.26 Å². The largest absolute Gasteiger partial charge is 0.454 e. The van der Waals surface area contributed by atoms with Gasteiger partial charge in [0.15, 0.2) is 18.1 Å². The van der Waals surface area contributed by atoms with Crippen LogP contribution in [0.1, 0.15) is 18.9 Å². The third-order valence-corrected chi connectivity index (χ3v) is 4.42. The van der Waals surface area contributed by atoms with Gasteiger partial charge in [0.25, 0.3) is 5.91 Å². The number of fused-ring (bicyclic) bond motifs is 1. The van der Waals surface area contributed by atoms with Gasteiger partial charge in [0.05, 0.1) is 18.2 Å². The van der Waals surface area contributed by atoms with Crippen LogP contribution < -0.4 is 14.4 Å². The first-order chi connectivity index (χ1) is 15.5. The third-order valence-electron chi connectivity index (χ3n) is 4.42. The Hall–Kier alpha value is -4.13. The number of nitrogens with zero attached hydrogens (tertiary/aromatic N) is 3. The van der Waals surface area contributed by atoms with Crippen LogP contribution in [0.2, 0.25) is 0 Å². The zero-order chi connectivity index (χ0) is 22.9. The highest BCUT2D eigenvalue weighted by Crippen LogP contribution is 2.32. The van der Waals surface area contributed by atoms with Gasteiger partial charge in [-0.25, -0.2) is 9.18 Å². The molecule has 1 aliphatic rings. The summed E-state index contributed by atoms with van der Waals surface area (Å²) in [5.41, 5.74) is 1.62. The van der Waals surface area contributed by atoms with E-state index < -0.39 is 30.9 Å². The Morgan fingerprint density at radius 3 is 2.66 bits per heavy atom. The van der Waals surface area contributed by atoms with Crippen molar-refractivity contribution in [3.05, 3.63) is 53.8 Å². The van der Waals surface area contributed by atoms with Crippen molar-refractivity contribution in [3.8, 4) is 17.6 Å². The molecule has 0 saturated carbocycles. The molecule has 0 spiro atoms. The Bertz CT molecular complexity index is 1050. The molecule has 1 aliphatic heterocycles. The summed E-state index contributed by atoms with van der Waals surface area (Å²) in [6, 6.07) is 12.4. The number of rotatable bonds is 9. The van der Waals surface area contributed by atoms with Gasteiger partial charge in [-0.15, -0.1) is 0 Å². The molecular weight excluding hydrogens is 421 g/mol. The molecule has 1 heterocycles. The highest BCUT2D eigenvalue weighted by atomic mass is 19.1. The molecule has 10 heteroatoms. The number of nitriles is 1. The monoisotopic (exact) mass is 441 g/mol. The highest BCUT2D eigenvalue weighted by Gasteiger charge is 2.18. The number of ether oxygens (including phenoxy) is 3. The summed E-state index contributed by atoms with van der Waals surface area (Å²) in [5.74, 6) is -0.570. The first-order valence-electron chi connectivity index (χ1n) is 9.63. The van der Waals surface area contributed by atoms with Crippen LogP contribution in [0.3, 0.4) is 0 Å². The fourth-order valence-electron chi connectivity index (χ4n) is 2.80. The standard InChI is InChI=1S/C22H20FN3O6/c1-15(16-3-8-19-20(11-16)31-14-30-19)25-32-13-22(28)29-12-21(27)26(10-2-9-24)18-6-4-17(23)5-7-18/h3-8,11H,2,10,12-14H2,1H3. The number of esters is 1. The molecule has 32 heavy (non-hydrogen) atoms. The molecule has 0 saturated heterocycles. The average Bonchev–Trinajstić information content (AvgIpc) is 3.27. The molecule has 1 amide bonds. The van der Waals surface area contributed by atoms with Gasteiger partial charge in [-0.3, -0.25) is 4.79 Å². The van der Waals surface area contributed by atoms with Crippen LogP contribution in [0.5, 0.6) is 11.5 Å². The maximum Gasteiger partial charge on any atom is 0.347 e. The van der Waals surface area contributed by atoms with Crippen LogP contribution >= 0.6 is 0 Å². The lowest BCUT2D eigenvalue weighted by Gasteiger charge is -2.21. The maximum atomic E-state index is 13.1. The Kier molecular flexibility index (Phi) is 7.59. The molecule has 166 valence electrons. The molecule has 0 atom stereocenters. The van der Waals surface area contributed by atoms with E-state index in [1.54, 1.807) is 25.1 Å². The van der Waals surface area contributed by atoms with E-state index in [1.165, 1.54) is 29.2 Å². The molecular formula is C22H20FN3O6. The van der Waals surface area contributed by atoms with Gasteiger partial charge >= 0.3 is 5.97 Å². The summed E-state index contributed by atoms with van der Waals surface area (Å²) >= 11 is 0. The van der Waals surface area contributed by atoms with Gasteiger partial charge in [0, 0.05) is 17.8 Å². The molecule has 0 aliphatic carbocycles. The Balaban J connectivity index is 1.49. The van der Waals surface area contributed by atoms with Gasteiger partial charge in [-0.05, 0) is 49.4 Å². The molecule has 0 fully saturated rings. The van der Waals surface area contributed by atoms with Crippen molar-refractivity contribution >= 4 is 23.3 Å². The molecule has 2 aromatic carbocycles. The number of benzene rings is 2. The first kappa shape index (κ1) is 22.6. The van der Waals surface area contributed by atoms with E-state index in [1.807, 2.05) is 6.07 Å². The third kappa shape index (κ3) is 5.95. The lowest BCUT2D eigenvalue weighted by Crippen LogP contribution is -2.35. The lowest BCUT2D eigenvalue weighted by molar-refractivity contribution is -0.152. The van der Waals surface area contributed by atoms with Crippen LogP contribution in [0, 0.1) is 17.1 Å². The molecule has 2 aromatic rings. The van der Waals surface area contributed by atoms with Crippen molar-refractivity contribution in [2.24, 2.45) is 5.16 Å². The zero-order valence-corrected chi connectivity index (χ0v) is 17.2. The second-order valence-electron chi connectivity index (χ2n) is 6.61. The normalized spacial score (nSPS) is 12.1. The van der Waals surface area contributed by atoms with Gasteiger partial charge in [0.2, 0.25) is 13.4 Å². The quantitative estimate of drug-likeness (QED) is 0.334. The molecule has 0 unspecified atom stereocenters. The highest BCUT2D eigenvalue weighted by molar-refractivity contribution is 5.99. The second kappa shape index (κ2) is 10.8. The predicted octanol–water partition coefficient (Wildman–Crippen LogP) is 2.79. The topological polar surface area (TPSA) is 110 Å². The number of amides is 1. The Morgan fingerprint density at radius 1 is 1.16 bits per heavy atom. The summed E-state index contributed by atoms with van der Waals surface area (Å²) in [4.78, 5) is 30.6. The number of halogens is 1. The van der Waals surface area contributed by atoms with E-state index in [9.17, 15) is 14.0 Å². The van der Waals surface area contributed by atoms with Crippen LogP contribution in [-0.4, -0.2) is 44.1 Å². The summed E-state index contributed by atoms with van der Waals surface area (Å²) in [6.45, 7) is 0.876. The van der Waals surface area contributed by atoms with Crippen LogP contribution in [0.25, 0.3) is 0 Å². The Labute approximate surface area is 183 Å². The average molecular weight is 441 g/mol. The SMILES string of the molecule is CC(=NOCC(=O)OCC(=O)N(CCC#N)c1ccc(F)cc1)c1ccc2c(c1)OCO2. The summed E-state index contributed by atoms with van der Waals surface area (Å²) in [7, 11) is 0. The number of anilines is 1. The number of carbonyl (C=O) groups is 2. The lowest BCUT2D eigenvalue weighted by atomic mass is 10.1. The van der Waals surface area contributed by atoms with E-state index in [2.05, 4.69) is 5.16 Å². The summed E-state index contributed by atoms with van der Waals surface area (Å²) in [6.07, 6.45) is 0.0635. The number of hydrogen-bond acceptors (Lipinski definition) is 8. The minimum Gasteiger partial charge on any atom is -0.454 e. The maximum absolute atomic E-state index is 13.1. The minimum absolute atomic E-state index is 0.0635.